The molecule has 94 valence electrons. The van der Waals surface area contributed by atoms with Gasteiger partial charge in [0.05, 0.1) is 15.2 Å². The van der Waals surface area contributed by atoms with Gasteiger partial charge in [-0.15, -0.1) is 0 Å². The van der Waals surface area contributed by atoms with Crippen molar-refractivity contribution in [2.45, 2.75) is 35.4 Å². The Balaban J connectivity index is 2.41. The molecule has 0 aliphatic heterocycles. The molecule has 2 unspecified atom stereocenters. The smallest absolute Gasteiger partial charge is 0.182 e. The standard InChI is InChI=1S/C11H13ClFNO2S/c12-8-6-7(4-5-9(8)13)17(15,16)11-3-1-2-10(11)14/h4-6,10-11H,1-3,14H2. The van der Waals surface area contributed by atoms with Gasteiger partial charge < -0.3 is 5.73 Å². The van der Waals surface area contributed by atoms with Crippen LogP contribution in [0.5, 0.6) is 0 Å². The molecular weight excluding hydrogens is 265 g/mol. The molecule has 17 heavy (non-hydrogen) atoms. The fraction of sp³-hybridized carbons (Fsp3) is 0.455. The van der Waals surface area contributed by atoms with Crippen molar-refractivity contribution in [3.63, 3.8) is 0 Å². The lowest BCUT2D eigenvalue weighted by Gasteiger charge is -2.16. The Hall–Kier alpha value is -0.650. The van der Waals surface area contributed by atoms with Crippen LogP contribution in [-0.2, 0) is 9.84 Å². The van der Waals surface area contributed by atoms with Gasteiger partial charge in [-0.2, -0.15) is 0 Å². The molecule has 2 rings (SSSR count). The summed E-state index contributed by atoms with van der Waals surface area (Å²) in [4.78, 5) is 0.0475. The van der Waals surface area contributed by atoms with Crippen LogP contribution in [0.25, 0.3) is 0 Å². The van der Waals surface area contributed by atoms with E-state index in [0.29, 0.717) is 12.8 Å². The summed E-state index contributed by atoms with van der Waals surface area (Å²) >= 11 is 5.59. The van der Waals surface area contributed by atoms with Gasteiger partial charge in [-0.3, -0.25) is 0 Å². The number of rotatable bonds is 2. The predicted molar refractivity (Wildman–Crippen MR) is 64.2 cm³/mol. The number of halogens is 2. The number of hydrogen-bond acceptors (Lipinski definition) is 3. The first kappa shape index (κ1) is 12.8. The van der Waals surface area contributed by atoms with Crippen molar-refractivity contribution >= 4 is 21.4 Å². The SMILES string of the molecule is NC1CCCC1S(=O)(=O)c1ccc(F)c(Cl)c1. The molecule has 1 aliphatic rings. The molecule has 1 aliphatic carbocycles. The number of benzene rings is 1. The van der Waals surface area contributed by atoms with E-state index in [4.69, 9.17) is 17.3 Å². The number of nitrogens with two attached hydrogens (primary N) is 1. The van der Waals surface area contributed by atoms with Gasteiger partial charge in [0.25, 0.3) is 0 Å². The lowest BCUT2D eigenvalue weighted by Crippen LogP contribution is -2.35. The largest absolute Gasteiger partial charge is 0.327 e. The molecule has 0 bridgehead atoms. The second kappa shape index (κ2) is 4.55. The second-order valence-electron chi connectivity index (χ2n) is 4.25. The highest BCUT2D eigenvalue weighted by molar-refractivity contribution is 7.92. The van der Waals surface area contributed by atoms with Crippen molar-refractivity contribution in [2.24, 2.45) is 5.73 Å². The average molecular weight is 278 g/mol. The van der Waals surface area contributed by atoms with Gasteiger partial charge in [-0.05, 0) is 31.0 Å². The van der Waals surface area contributed by atoms with Gasteiger partial charge >= 0.3 is 0 Å². The third kappa shape index (κ3) is 2.32. The third-order valence-corrected chi connectivity index (χ3v) is 5.70. The maximum Gasteiger partial charge on any atom is 0.182 e. The van der Waals surface area contributed by atoms with Gasteiger partial charge in [0.2, 0.25) is 0 Å². The minimum Gasteiger partial charge on any atom is -0.327 e. The molecule has 0 heterocycles. The summed E-state index contributed by atoms with van der Waals surface area (Å²) in [5.41, 5.74) is 5.78. The van der Waals surface area contributed by atoms with E-state index in [1.165, 1.54) is 6.07 Å². The molecule has 0 radical (unpaired) electrons. The zero-order valence-corrected chi connectivity index (χ0v) is 10.6. The molecule has 0 spiro atoms. The quantitative estimate of drug-likeness (QED) is 0.843. The maximum atomic E-state index is 13.0. The lowest BCUT2D eigenvalue weighted by atomic mass is 10.3. The van der Waals surface area contributed by atoms with E-state index in [1.807, 2.05) is 0 Å². The highest BCUT2D eigenvalue weighted by Crippen LogP contribution is 2.30. The van der Waals surface area contributed by atoms with E-state index >= 15 is 0 Å². The first-order valence-corrected chi connectivity index (χ1v) is 7.30. The fourth-order valence-corrected chi connectivity index (χ4v) is 4.38. The summed E-state index contributed by atoms with van der Waals surface area (Å²) in [6, 6.07) is 3.11. The molecule has 6 heteroatoms. The maximum absolute atomic E-state index is 13.0. The molecule has 3 nitrogen and oxygen atoms in total. The molecule has 0 aromatic heterocycles. The zero-order chi connectivity index (χ0) is 12.6. The summed E-state index contributed by atoms with van der Waals surface area (Å²) in [5.74, 6) is -0.624. The van der Waals surface area contributed by atoms with E-state index in [9.17, 15) is 12.8 Å². The van der Waals surface area contributed by atoms with Crippen LogP contribution >= 0.6 is 11.6 Å². The summed E-state index contributed by atoms with van der Waals surface area (Å²) in [6.07, 6.45) is 2.07. The summed E-state index contributed by atoms with van der Waals surface area (Å²) in [7, 11) is -3.50. The van der Waals surface area contributed by atoms with Crippen molar-refractivity contribution in [1.29, 1.82) is 0 Å². The summed E-state index contributed by atoms with van der Waals surface area (Å²) in [6.45, 7) is 0. The Kier molecular flexibility index (Phi) is 3.43. The first-order valence-electron chi connectivity index (χ1n) is 5.37. The normalized spacial score (nSPS) is 25.1. The summed E-state index contributed by atoms with van der Waals surface area (Å²) in [5, 5.41) is -0.762. The van der Waals surface area contributed by atoms with Crippen molar-refractivity contribution < 1.29 is 12.8 Å². The Labute approximate surface area is 105 Å². The van der Waals surface area contributed by atoms with Gasteiger partial charge in [0, 0.05) is 6.04 Å². The van der Waals surface area contributed by atoms with Crippen molar-refractivity contribution in [1.82, 2.24) is 0 Å². The van der Waals surface area contributed by atoms with E-state index in [0.717, 1.165) is 18.6 Å². The molecule has 1 aromatic rings. The van der Waals surface area contributed by atoms with Gasteiger partial charge in [-0.1, -0.05) is 18.0 Å². The van der Waals surface area contributed by atoms with E-state index in [2.05, 4.69) is 0 Å². The van der Waals surface area contributed by atoms with E-state index in [1.54, 1.807) is 0 Å². The molecule has 1 aromatic carbocycles. The second-order valence-corrected chi connectivity index (χ2v) is 6.83. The van der Waals surface area contributed by atoms with Crippen LogP contribution in [0.4, 0.5) is 4.39 Å². The fourth-order valence-electron chi connectivity index (χ4n) is 2.17. The third-order valence-electron chi connectivity index (χ3n) is 3.12. The monoisotopic (exact) mass is 277 g/mol. The van der Waals surface area contributed by atoms with E-state index < -0.39 is 20.9 Å². The van der Waals surface area contributed by atoms with Crippen LogP contribution < -0.4 is 5.73 Å². The predicted octanol–water partition coefficient (Wildman–Crippen LogP) is 2.13. The van der Waals surface area contributed by atoms with Gasteiger partial charge in [0.15, 0.2) is 9.84 Å². The number of sulfone groups is 1. The average Bonchev–Trinajstić information content (AvgIpc) is 2.69. The van der Waals surface area contributed by atoms with Crippen LogP contribution in [0.15, 0.2) is 23.1 Å². The van der Waals surface area contributed by atoms with E-state index in [-0.39, 0.29) is 16.0 Å². The molecule has 2 N–H and O–H groups in total. The van der Waals surface area contributed by atoms with Crippen LogP contribution in [-0.4, -0.2) is 19.7 Å². The van der Waals surface area contributed by atoms with Crippen molar-refractivity contribution in [3.8, 4) is 0 Å². The van der Waals surface area contributed by atoms with Crippen molar-refractivity contribution in [3.05, 3.63) is 29.0 Å². The zero-order valence-electron chi connectivity index (χ0n) is 9.07. The topological polar surface area (TPSA) is 60.2 Å². The molecule has 2 atom stereocenters. The minimum atomic E-state index is -3.50. The Bertz CT molecular complexity index is 532. The molecular formula is C11H13ClFNO2S. The molecule has 1 fully saturated rings. The van der Waals surface area contributed by atoms with Crippen LogP contribution in [0.2, 0.25) is 5.02 Å². The minimum absolute atomic E-state index is 0.0475. The highest BCUT2D eigenvalue weighted by atomic mass is 35.5. The van der Waals surface area contributed by atoms with Crippen LogP contribution in [0, 0.1) is 5.82 Å². The van der Waals surface area contributed by atoms with Crippen molar-refractivity contribution in [2.75, 3.05) is 0 Å². The lowest BCUT2D eigenvalue weighted by molar-refractivity contribution is 0.567. The Morgan fingerprint density at radius 3 is 2.59 bits per heavy atom. The molecule has 1 saturated carbocycles. The van der Waals surface area contributed by atoms with Gasteiger partial charge in [-0.25, -0.2) is 12.8 Å². The molecule has 0 saturated heterocycles. The highest BCUT2D eigenvalue weighted by Gasteiger charge is 2.36. The Morgan fingerprint density at radius 1 is 1.35 bits per heavy atom. The van der Waals surface area contributed by atoms with Gasteiger partial charge in [0.1, 0.15) is 5.82 Å². The summed E-state index contributed by atoms with van der Waals surface area (Å²) < 4.78 is 37.5. The Morgan fingerprint density at radius 2 is 2.06 bits per heavy atom. The number of hydrogen-bond donors (Lipinski definition) is 1. The first-order chi connectivity index (χ1) is 7.93. The van der Waals surface area contributed by atoms with Crippen LogP contribution in [0.1, 0.15) is 19.3 Å². The van der Waals surface area contributed by atoms with Crippen LogP contribution in [0.3, 0.4) is 0 Å². The molecule has 0 amide bonds.